The van der Waals surface area contributed by atoms with Gasteiger partial charge in [-0.25, -0.2) is 4.79 Å². The molecule has 0 saturated carbocycles. The van der Waals surface area contributed by atoms with Gasteiger partial charge in [0, 0.05) is 6.54 Å². The highest BCUT2D eigenvalue weighted by atomic mass is 35.5. The lowest BCUT2D eigenvalue weighted by Gasteiger charge is -2.35. The number of likely N-dealkylation sites (tertiary alicyclic amines) is 1. The van der Waals surface area contributed by atoms with Crippen molar-refractivity contribution in [1.82, 2.24) is 10.2 Å². The highest BCUT2D eigenvalue weighted by molar-refractivity contribution is 5.90. The quantitative estimate of drug-likeness (QED) is 0.686. The molecule has 1 saturated heterocycles. The summed E-state index contributed by atoms with van der Waals surface area (Å²) in [6.07, 6.45) is 2.10. The number of aromatic carboxylic acids is 1. The lowest BCUT2D eigenvalue weighted by molar-refractivity contribution is -0.131. The normalized spacial score (nSPS) is 17.8. The average Bonchev–Trinajstić information content (AvgIpc) is 3.18. The monoisotopic (exact) mass is 430 g/mol. The second-order valence-electron chi connectivity index (χ2n) is 8.44. The van der Waals surface area contributed by atoms with Gasteiger partial charge in [0.1, 0.15) is 0 Å². The van der Waals surface area contributed by atoms with E-state index in [9.17, 15) is 14.7 Å². The van der Waals surface area contributed by atoms with Gasteiger partial charge in [-0.2, -0.15) is 0 Å². The second kappa shape index (κ2) is 10.1. The Morgan fingerprint density at radius 2 is 1.77 bits per heavy atom. The second-order valence-corrected chi connectivity index (χ2v) is 8.44. The van der Waals surface area contributed by atoms with E-state index in [0.29, 0.717) is 11.5 Å². The number of amides is 1. The van der Waals surface area contributed by atoms with Gasteiger partial charge in [0.05, 0.1) is 17.1 Å². The van der Waals surface area contributed by atoms with Crippen molar-refractivity contribution < 1.29 is 14.7 Å². The van der Waals surface area contributed by atoms with Crippen LogP contribution in [-0.4, -0.2) is 40.5 Å². The first-order chi connectivity index (χ1) is 13.8. The number of carbonyl (C=O) groups excluding carboxylic acids is 1. The Kier molecular flexibility index (Phi) is 8.04. The van der Waals surface area contributed by atoms with E-state index in [-0.39, 0.29) is 29.9 Å². The fourth-order valence-electron chi connectivity index (χ4n) is 4.12. The maximum atomic E-state index is 13.1. The van der Waals surface area contributed by atoms with Crippen molar-refractivity contribution in [2.75, 3.05) is 13.1 Å². The molecule has 0 bridgehead atoms. The SMILES string of the molecule is C[C@H](NC(=O)C(C)(C)N1CCC(Cc2ccccc2)C1)c1ccccc1C(=O)O.Cl. The van der Waals surface area contributed by atoms with Crippen LogP contribution >= 0.6 is 12.4 Å². The third-order valence-electron chi connectivity index (χ3n) is 6.00. The predicted octanol–water partition coefficient (Wildman–Crippen LogP) is 4.33. The van der Waals surface area contributed by atoms with E-state index in [0.717, 1.165) is 25.9 Å². The summed E-state index contributed by atoms with van der Waals surface area (Å²) in [4.78, 5) is 26.8. The molecule has 3 rings (SSSR count). The molecule has 162 valence electrons. The van der Waals surface area contributed by atoms with Crippen LogP contribution in [0.4, 0.5) is 0 Å². The Balaban J connectivity index is 0.00000320. The summed E-state index contributed by atoms with van der Waals surface area (Å²) < 4.78 is 0. The fraction of sp³-hybridized carbons (Fsp3) is 0.417. The first kappa shape index (κ1) is 23.9. The number of carboxylic acids is 1. The fourth-order valence-corrected chi connectivity index (χ4v) is 4.12. The molecular formula is C24H31ClN2O3. The van der Waals surface area contributed by atoms with Crippen LogP contribution < -0.4 is 5.32 Å². The topological polar surface area (TPSA) is 69.6 Å². The van der Waals surface area contributed by atoms with Crippen LogP contribution in [0.15, 0.2) is 54.6 Å². The van der Waals surface area contributed by atoms with Crippen LogP contribution in [0.1, 0.15) is 54.7 Å². The van der Waals surface area contributed by atoms with Crippen molar-refractivity contribution >= 4 is 24.3 Å². The van der Waals surface area contributed by atoms with Crippen LogP contribution in [0.2, 0.25) is 0 Å². The largest absolute Gasteiger partial charge is 0.478 e. The maximum Gasteiger partial charge on any atom is 0.336 e. The Hall–Kier alpha value is -2.37. The van der Waals surface area contributed by atoms with Crippen molar-refractivity contribution in [2.24, 2.45) is 5.92 Å². The first-order valence-electron chi connectivity index (χ1n) is 10.2. The zero-order valence-corrected chi connectivity index (χ0v) is 18.6. The van der Waals surface area contributed by atoms with Gasteiger partial charge in [-0.3, -0.25) is 9.69 Å². The molecule has 0 aromatic heterocycles. The van der Waals surface area contributed by atoms with Gasteiger partial charge in [-0.15, -0.1) is 12.4 Å². The van der Waals surface area contributed by atoms with E-state index >= 15 is 0 Å². The minimum Gasteiger partial charge on any atom is -0.478 e. The summed E-state index contributed by atoms with van der Waals surface area (Å²) in [5.41, 5.74) is 1.52. The van der Waals surface area contributed by atoms with Gasteiger partial charge in [0.2, 0.25) is 5.91 Å². The van der Waals surface area contributed by atoms with E-state index in [1.54, 1.807) is 24.3 Å². The molecule has 1 amide bonds. The summed E-state index contributed by atoms with van der Waals surface area (Å²) in [5, 5.41) is 12.4. The molecule has 6 heteroatoms. The van der Waals surface area contributed by atoms with Gasteiger partial charge in [-0.05, 0) is 63.3 Å². The molecular weight excluding hydrogens is 400 g/mol. The molecule has 1 unspecified atom stereocenters. The van der Waals surface area contributed by atoms with Crippen molar-refractivity contribution in [3.8, 4) is 0 Å². The number of carbonyl (C=O) groups is 2. The number of nitrogens with zero attached hydrogens (tertiary/aromatic N) is 1. The molecule has 1 aliphatic rings. The van der Waals surface area contributed by atoms with Crippen molar-refractivity contribution in [3.63, 3.8) is 0 Å². The number of nitrogens with one attached hydrogen (secondary N) is 1. The number of hydrogen-bond acceptors (Lipinski definition) is 3. The summed E-state index contributed by atoms with van der Waals surface area (Å²) in [7, 11) is 0. The molecule has 2 atom stereocenters. The van der Waals surface area contributed by atoms with Crippen LogP contribution in [0, 0.1) is 5.92 Å². The van der Waals surface area contributed by atoms with Crippen molar-refractivity contribution in [2.45, 2.75) is 45.2 Å². The summed E-state index contributed by atoms with van der Waals surface area (Å²) in [5.74, 6) is -0.524. The van der Waals surface area contributed by atoms with Crippen LogP contribution in [-0.2, 0) is 11.2 Å². The smallest absolute Gasteiger partial charge is 0.336 e. The maximum absolute atomic E-state index is 13.1. The molecule has 0 spiro atoms. The van der Waals surface area contributed by atoms with Crippen molar-refractivity contribution in [1.29, 1.82) is 0 Å². The lowest BCUT2D eigenvalue weighted by atomic mass is 9.97. The van der Waals surface area contributed by atoms with E-state index in [2.05, 4.69) is 34.5 Å². The predicted molar refractivity (Wildman–Crippen MR) is 121 cm³/mol. The summed E-state index contributed by atoms with van der Waals surface area (Å²) in [6, 6.07) is 16.9. The van der Waals surface area contributed by atoms with Crippen LogP contribution in [0.3, 0.4) is 0 Å². The Morgan fingerprint density at radius 3 is 2.43 bits per heavy atom. The average molecular weight is 431 g/mol. The van der Waals surface area contributed by atoms with Crippen molar-refractivity contribution in [3.05, 3.63) is 71.3 Å². The number of benzene rings is 2. The van der Waals surface area contributed by atoms with Gasteiger partial charge in [0.15, 0.2) is 0 Å². The number of halogens is 1. The van der Waals surface area contributed by atoms with E-state index < -0.39 is 11.5 Å². The highest BCUT2D eigenvalue weighted by Gasteiger charge is 2.39. The summed E-state index contributed by atoms with van der Waals surface area (Å²) >= 11 is 0. The third kappa shape index (κ3) is 5.41. The molecule has 30 heavy (non-hydrogen) atoms. The molecule has 1 aliphatic heterocycles. The molecule has 2 aromatic rings. The summed E-state index contributed by atoms with van der Waals surface area (Å²) in [6.45, 7) is 7.50. The lowest BCUT2D eigenvalue weighted by Crippen LogP contribution is -2.54. The standard InChI is InChI=1S/C24H30N2O3.ClH/c1-17(20-11-7-8-12-21(20)22(27)28)25-23(29)24(2,3)26-14-13-19(16-26)15-18-9-5-4-6-10-18;/h4-12,17,19H,13-16H2,1-3H3,(H,25,29)(H,27,28);1H/t17-,19?;/m0./s1. The van der Waals surface area contributed by atoms with E-state index in [4.69, 9.17) is 0 Å². The van der Waals surface area contributed by atoms with Gasteiger partial charge in [0.25, 0.3) is 0 Å². The van der Waals surface area contributed by atoms with Gasteiger partial charge < -0.3 is 10.4 Å². The molecule has 1 heterocycles. The highest BCUT2D eigenvalue weighted by Crippen LogP contribution is 2.28. The molecule has 5 nitrogen and oxygen atoms in total. The van der Waals surface area contributed by atoms with Gasteiger partial charge in [-0.1, -0.05) is 48.5 Å². The minimum atomic E-state index is -0.982. The zero-order chi connectivity index (χ0) is 21.0. The third-order valence-corrected chi connectivity index (χ3v) is 6.00. The van der Waals surface area contributed by atoms with E-state index in [1.165, 1.54) is 5.56 Å². The van der Waals surface area contributed by atoms with Crippen LogP contribution in [0.25, 0.3) is 0 Å². The number of carboxylic acid groups (broad SMARTS) is 1. The molecule has 0 radical (unpaired) electrons. The molecule has 2 aromatic carbocycles. The Bertz CT molecular complexity index is 870. The first-order valence-corrected chi connectivity index (χ1v) is 10.2. The zero-order valence-electron chi connectivity index (χ0n) is 17.8. The molecule has 2 N–H and O–H groups in total. The Labute approximate surface area is 184 Å². The minimum absolute atomic E-state index is 0. The number of hydrogen-bond donors (Lipinski definition) is 2. The van der Waals surface area contributed by atoms with E-state index in [1.807, 2.05) is 26.8 Å². The Morgan fingerprint density at radius 1 is 1.13 bits per heavy atom. The number of rotatable bonds is 7. The molecule has 0 aliphatic carbocycles. The van der Waals surface area contributed by atoms with Gasteiger partial charge >= 0.3 is 5.97 Å². The van der Waals surface area contributed by atoms with Crippen LogP contribution in [0.5, 0.6) is 0 Å². The molecule has 1 fully saturated rings.